The quantitative estimate of drug-likeness (QED) is 0.826. The van der Waals surface area contributed by atoms with E-state index in [1.54, 1.807) is 6.07 Å². The van der Waals surface area contributed by atoms with Crippen molar-refractivity contribution in [3.63, 3.8) is 0 Å². The van der Waals surface area contributed by atoms with E-state index in [4.69, 9.17) is 4.74 Å². The van der Waals surface area contributed by atoms with Crippen LogP contribution in [0.4, 0.5) is 0 Å². The highest BCUT2D eigenvalue weighted by molar-refractivity contribution is 5.90. The summed E-state index contributed by atoms with van der Waals surface area (Å²) in [4.78, 5) is 11.7. The third kappa shape index (κ3) is 3.92. The van der Waals surface area contributed by atoms with Gasteiger partial charge in [0.2, 0.25) is 0 Å². The molecule has 0 radical (unpaired) electrons. The summed E-state index contributed by atoms with van der Waals surface area (Å²) in [5.41, 5.74) is 4.23. The maximum atomic E-state index is 11.7. The van der Waals surface area contributed by atoms with Crippen LogP contribution in [-0.4, -0.2) is 13.1 Å². The molecule has 0 saturated heterocycles. The number of carbonyl (C=O) groups excluding carboxylic acids is 1. The summed E-state index contributed by atoms with van der Waals surface area (Å²) in [7, 11) is 1.41. The average molecular weight is 283 g/mol. The van der Waals surface area contributed by atoms with Crippen molar-refractivity contribution in [3.05, 3.63) is 70.8 Å². The van der Waals surface area contributed by atoms with Gasteiger partial charge in [-0.25, -0.2) is 4.79 Å². The Hall–Kier alpha value is -2.13. The fraction of sp³-hybridized carbons (Fsp3) is 0.278. The van der Waals surface area contributed by atoms with E-state index in [9.17, 15) is 4.79 Å². The Kier molecular flexibility index (Phi) is 5.52. The van der Waals surface area contributed by atoms with E-state index in [-0.39, 0.29) is 5.97 Å². The molecule has 0 aliphatic carbocycles. The number of aryl methyl sites for hydroxylation is 1. The molecular weight excluding hydrogens is 262 g/mol. The van der Waals surface area contributed by atoms with Gasteiger partial charge in [-0.2, -0.15) is 0 Å². The molecule has 0 aliphatic rings. The van der Waals surface area contributed by atoms with Crippen molar-refractivity contribution < 1.29 is 9.53 Å². The Bertz CT molecular complexity index is 608. The van der Waals surface area contributed by atoms with Gasteiger partial charge in [-0.15, -0.1) is 0 Å². The number of ether oxygens (including phenoxy) is 1. The van der Waals surface area contributed by atoms with E-state index in [0.29, 0.717) is 12.1 Å². The van der Waals surface area contributed by atoms with Crippen molar-refractivity contribution in [1.82, 2.24) is 5.32 Å². The number of hydrogen-bond acceptors (Lipinski definition) is 3. The number of hydrogen-bond donors (Lipinski definition) is 1. The first-order valence-electron chi connectivity index (χ1n) is 7.20. The summed E-state index contributed by atoms with van der Waals surface area (Å²) in [6.45, 7) is 3.59. The zero-order chi connectivity index (χ0) is 15.1. The summed E-state index contributed by atoms with van der Waals surface area (Å²) in [6, 6.07) is 15.9. The van der Waals surface area contributed by atoms with Crippen LogP contribution in [-0.2, 0) is 24.2 Å². The first kappa shape index (κ1) is 15.3. The maximum absolute atomic E-state index is 11.7. The van der Waals surface area contributed by atoms with Crippen molar-refractivity contribution in [3.8, 4) is 0 Å². The van der Waals surface area contributed by atoms with Gasteiger partial charge in [0.1, 0.15) is 0 Å². The lowest BCUT2D eigenvalue weighted by Gasteiger charge is -2.11. The Morgan fingerprint density at radius 2 is 1.52 bits per heavy atom. The number of rotatable bonds is 6. The molecule has 2 aromatic carbocycles. The number of benzene rings is 2. The molecule has 2 rings (SSSR count). The molecule has 21 heavy (non-hydrogen) atoms. The Morgan fingerprint density at radius 1 is 0.952 bits per heavy atom. The summed E-state index contributed by atoms with van der Waals surface area (Å²) in [5, 5.41) is 3.40. The zero-order valence-corrected chi connectivity index (χ0v) is 12.6. The third-order valence-corrected chi connectivity index (χ3v) is 3.55. The van der Waals surface area contributed by atoms with E-state index in [1.165, 1.54) is 18.2 Å². The summed E-state index contributed by atoms with van der Waals surface area (Å²) in [6.07, 6.45) is 1.02. The highest BCUT2D eigenvalue weighted by atomic mass is 16.5. The predicted molar refractivity (Wildman–Crippen MR) is 84.1 cm³/mol. The molecule has 0 aliphatic heterocycles. The highest BCUT2D eigenvalue weighted by Crippen LogP contribution is 2.12. The molecule has 3 heteroatoms. The minimum atomic E-state index is -0.290. The zero-order valence-electron chi connectivity index (χ0n) is 12.6. The molecule has 0 amide bonds. The lowest BCUT2D eigenvalue weighted by atomic mass is 10.0. The van der Waals surface area contributed by atoms with Crippen LogP contribution in [0.5, 0.6) is 0 Å². The van der Waals surface area contributed by atoms with Crippen molar-refractivity contribution in [1.29, 1.82) is 0 Å². The second-order valence-corrected chi connectivity index (χ2v) is 4.87. The van der Waals surface area contributed by atoms with E-state index in [2.05, 4.69) is 36.5 Å². The smallest absolute Gasteiger partial charge is 0.338 e. The van der Waals surface area contributed by atoms with Crippen LogP contribution in [0.25, 0.3) is 0 Å². The van der Waals surface area contributed by atoms with Crippen LogP contribution in [0.3, 0.4) is 0 Å². The van der Waals surface area contributed by atoms with Crippen molar-refractivity contribution in [2.24, 2.45) is 0 Å². The number of methoxy groups -OCH3 is 1. The highest BCUT2D eigenvalue weighted by Gasteiger charge is 2.10. The molecule has 0 unspecified atom stereocenters. The van der Waals surface area contributed by atoms with Gasteiger partial charge >= 0.3 is 5.97 Å². The molecule has 0 spiro atoms. The van der Waals surface area contributed by atoms with Crippen molar-refractivity contribution in [2.75, 3.05) is 7.11 Å². The standard InChI is InChI=1S/C18H21NO2/c1-3-14-8-4-5-9-15(14)12-19-13-16-10-6-7-11-17(16)18(20)21-2/h4-11,19H,3,12-13H2,1-2H3. The molecule has 0 atom stereocenters. The number of carbonyl (C=O) groups is 1. The lowest BCUT2D eigenvalue weighted by molar-refractivity contribution is 0.0599. The first-order valence-corrected chi connectivity index (χ1v) is 7.20. The summed E-state index contributed by atoms with van der Waals surface area (Å²) in [5.74, 6) is -0.290. The monoisotopic (exact) mass is 283 g/mol. The van der Waals surface area contributed by atoms with Gasteiger partial charge in [-0.3, -0.25) is 0 Å². The van der Waals surface area contributed by atoms with E-state index in [0.717, 1.165) is 18.5 Å². The molecule has 0 fully saturated rings. The third-order valence-electron chi connectivity index (χ3n) is 3.55. The first-order chi connectivity index (χ1) is 10.3. The minimum absolute atomic E-state index is 0.290. The van der Waals surface area contributed by atoms with Crippen molar-refractivity contribution >= 4 is 5.97 Å². The van der Waals surface area contributed by atoms with Crippen LogP contribution < -0.4 is 5.32 Å². The molecule has 2 aromatic rings. The SMILES string of the molecule is CCc1ccccc1CNCc1ccccc1C(=O)OC. The average Bonchev–Trinajstić information content (AvgIpc) is 2.55. The van der Waals surface area contributed by atoms with Crippen LogP contribution >= 0.6 is 0 Å². The van der Waals surface area contributed by atoms with Gasteiger partial charge in [0.05, 0.1) is 12.7 Å². The molecule has 110 valence electrons. The Morgan fingerprint density at radius 3 is 2.19 bits per heavy atom. The van der Waals surface area contributed by atoms with E-state index < -0.39 is 0 Å². The fourth-order valence-electron chi connectivity index (χ4n) is 2.39. The van der Waals surface area contributed by atoms with Crippen LogP contribution in [0.1, 0.15) is 34.0 Å². The minimum Gasteiger partial charge on any atom is -0.465 e. The Labute approximate surface area is 126 Å². The molecule has 3 nitrogen and oxygen atoms in total. The largest absolute Gasteiger partial charge is 0.465 e. The van der Waals surface area contributed by atoms with Gasteiger partial charge in [0.15, 0.2) is 0 Å². The fourth-order valence-corrected chi connectivity index (χ4v) is 2.39. The maximum Gasteiger partial charge on any atom is 0.338 e. The van der Waals surface area contributed by atoms with Gasteiger partial charge in [-0.05, 0) is 29.2 Å². The molecular formula is C18H21NO2. The lowest BCUT2D eigenvalue weighted by Crippen LogP contribution is -2.16. The second kappa shape index (κ2) is 7.60. The van der Waals surface area contributed by atoms with E-state index in [1.807, 2.05) is 18.2 Å². The summed E-state index contributed by atoms with van der Waals surface area (Å²) >= 11 is 0. The Balaban J connectivity index is 2.02. The normalized spacial score (nSPS) is 10.4. The molecule has 0 saturated carbocycles. The van der Waals surface area contributed by atoms with Crippen LogP contribution in [0.2, 0.25) is 0 Å². The van der Waals surface area contributed by atoms with Crippen LogP contribution in [0.15, 0.2) is 48.5 Å². The van der Waals surface area contributed by atoms with E-state index >= 15 is 0 Å². The molecule has 1 N–H and O–H groups in total. The van der Waals surface area contributed by atoms with Crippen LogP contribution in [0, 0.1) is 0 Å². The second-order valence-electron chi connectivity index (χ2n) is 4.87. The topological polar surface area (TPSA) is 38.3 Å². The van der Waals surface area contributed by atoms with Crippen molar-refractivity contribution in [2.45, 2.75) is 26.4 Å². The van der Waals surface area contributed by atoms with Gasteiger partial charge in [0.25, 0.3) is 0 Å². The van der Waals surface area contributed by atoms with Gasteiger partial charge in [0, 0.05) is 13.1 Å². The number of nitrogens with one attached hydrogen (secondary N) is 1. The molecule has 0 bridgehead atoms. The summed E-state index contributed by atoms with van der Waals surface area (Å²) < 4.78 is 4.81. The molecule has 0 aromatic heterocycles. The predicted octanol–water partition coefficient (Wildman–Crippen LogP) is 3.33. The van der Waals surface area contributed by atoms with Gasteiger partial charge in [-0.1, -0.05) is 49.4 Å². The number of esters is 1. The molecule has 0 heterocycles. The van der Waals surface area contributed by atoms with Gasteiger partial charge < -0.3 is 10.1 Å².